The molecule has 0 aromatic heterocycles. The molecule has 0 fully saturated rings. The molecule has 0 saturated heterocycles. The predicted molar refractivity (Wildman–Crippen MR) is 52.9 cm³/mol. The van der Waals surface area contributed by atoms with E-state index in [2.05, 4.69) is 0 Å². The van der Waals surface area contributed by atoms with E-state index in [1.54, 1.807) is 0 Å². The van der Waals surface area contributed by atoms with E-state index in [9.17, 15) is 13.2 Å². The lowest BCUT2D eigenvalue weighted by Crippen LogP contribution is -2.36. The van der Waals surface area contributed by atoms with E-state index in [-0.39, 0.29) is 6.04 Å². The Morgan fingerprint density at radius 1 is 0.923 bits per heavy atom. The second-order valence-electron chi connectivity index (χ2n) is 3.62. The van der Waals surface area contributed by atoms with Crippen LogP contribution in [0.25, 0.3) is 0 Å². The van der Waals surface area contributed by atoms with Crippen LogP contribution in [0.4, 0.5) is 13.2 Å². The van der Waals surface area contributed by atoms with Crippen LogP contribution in [0.5, 0.6) is 0 Å². The largest absolute Gasteiger partial charge is 0.269 e. The SMILES string of the molecule is CC[Si](CC)(CC)CC(F)C(F)F. The molecule has 0 rings (SSSR count). The fourth-order valence-corrected chi connectivity index (χ4v) is 5.06. The van der Waals surface area contributed by atoms with Gasteiger partial charge in [0.05, 0.1) is 8.07 Å². The van der Waals surface area contributed by atoms with Crippen molar-refractivity contribution in [2.45, 2.75) is 57.5 Å². The molecule has 0 aliphatic rings. The zero-order valence-corrected chi connectivity index (χ0v) is 9.62. The van der Waals surface area contributed by atoms with Gasteiger partial charge in [0, 0.05) is 0 Å². The monoisotopic (exact) mass is 212 g/mol. The number of rotatable bonds is 6. The minimum atomic E-state index is -2.79. The van der Waals surface area contributed by atoms with E-state index in [0.717, 1.165) is 18.1 Å². The standard InChI is InChI=1S/C9H19F3Si/c1-4-13(5-2,6-3)7-8(10)9(11)12/h8-9H,4-7H2,1-3H3. The summed E-state index contributed by atoms with van der Waals surface area (Å²) >= 11 is 0. The van der Waals surface area contributed by atoms with Crippen LogP contribution >= 0.6 is 0 Å². The topological polar surface area (TPSA) is 0 Å². The molecule has 0 aromatic rings. The summed E-state index contributed by atoms with van der Waals surface area (Å²) in [7, 11) is -1.70. The van der Waals surface area contributed by atoms with Gasteiger partial charge in [0.25, 0.3) is 6.43 Å². The maximum atomic E-state index is 12.9. The normalized spacial score (nSPS) is 15.0. The van der Waals surface area contributed by atoms with Gasteiger partial charge in [-0.3, -0.25) is 0 Å². The molecule has 0 saturated carbocycles. The van der Waals surface area contributed by atoms with Crippen molar-refractivity contribution in [3.8, 4) is 0 Å². The summed E-state index contributed by atoms with van der Waals surface area (Å²) in [5.41, 5.74) is 0. The van der Waals surface area contributed by atoms with Gasteiger partial charge in [-0.25, -0.2) is 13.2 Å². The number of halogens is 3. The van der Waals surface area contributed by atoms with E-state index in [4.69, 9.17) is 0 Å². The molecule has 0 bridgehead atoms. The lowest BCUT2D eigenvalue weighted by atomic mass is 10.5. The van der Waals surface area contributed by atoms with Crippen LogP contribution in [0.3, 0.4) is 0 Å². The Balaban J connectivity index is 4.24. The Kier molecular flexibility index (Phi) is 5.68. The Labute approximate surface area is 79.5 Å². The minimum Gasteiger partial charge on any atom is -0.242 e. The van der Waals surface area contributed by atoms with Gasteiger partial charge in [-0.2, -0.15) is 0 Å². The maximum absolute atomic E-state index is 12.9. The fraction of sp³-hybridized carbons (Fsp3) is 1.00. The van der Waals surface area contributed by atoms with Gasteiger partial charge < -0.3 is 0 Å². The van der Waals surface area contributed by atoms with Gasteiger partial charge in [-0.15, -0.1) is 0 Å². The molecule has 1 unspecified atom stereocenters. The molecule has 80 valence electrons. The number of hydrogen-bond donors (Lipinski definition) is 0. The van der Waals surface area contributed by atoms with Crippen molar-refractivity contribution < 1.29 is 13.2 Å². The van der Waals surface area contributed by atoms with Crippen LogP contribution in [0.2, 0.25) is 24.2 Å². The molecule has 0 aliphatic carbocycles. The van der Waals surface area contributed by atoms with Gasteiger partial charge in [0.1, 0.15) is 0 Å². The van der Waals surface area contributed by atoms with E-state index in [1.807, 2.05) is 20.8 Å². The first-order chi connectivity index (χ1) is 6.01. The van der Waals surface area contributed by atoms with Crippen molar-refractivity contribution in [3.63, 3.8) is 0 Å². The Bertz CT molecular complexity index is 127. The molecule has 0 radical (unpaired) electrons. The lowest BCUT2D eigenvalue weighted by molar-refractivity contribution is 0.0593. The molecular formula is C9H19F3Si. The van der Waals surface area contributed by atoms with Crippen molar-refractivity contribution in [2.24, 2.45) is 0 Å². The highest BCUT2D eigenvalue weighted by atomic mass is 28.3. The van der Waals surface area contributed by atoms with Crippen LogP contribution in [0, 0.1) is 0 Å². The summed E-state index contributed by atoms with van der Waals surface area (Å²) < 4.78 is 36.9. The first-order valence-corrected chi connectivity index (χ1v) is 7.76. The molecule has 0 nitrogen and oxygen atoms in total. The van der Waals surface area contributed by atoms with Crippen molar-refractivity contribution in [3.05, 3.63) is 0 Å². The van der Waals surface area contributed by atoms with E-state index in [1.165, 1.54) is 0 Å². The maximum Gasteiger partial charge on any atom is 0.269 e. The zero-order chi connectivity index (χ0) is 10.5. The molecule has 0 N–H and O–H groups in total. The molecule has 0 amide bonds. The highest BCUT2D eigenvalue weighted by Gasteiger charge is 2.33. The van der Waals surface area contributed by atoms with Crippen LogP contribution in [-0.2, 0) is 0 Å². The highest BCUT2D eigenvalue weighted by molar-refractivity contribution is 6.79. The fourth-order valence-electron chi connectivity index (χ4n) is 1.69. The first kappa shape index (κ1) is 13.0. The third kappa shape index (κ3) is 3.71. The molecule has 0 heterocycles. The molecule has 4 heteroatoms. The number of hydrogen-bond acceptors (Lipinski definition) is 0. The zero-order valence-electron chi connectivity index (χ0n) is 8.62. The number of alkyl halides is 3. The summed E-state index contributed by atoms with van der Waals surface area (Å²) in [5.74, 6) is 0. The van der Waals surface area contributed by atoms with Crippen LogP contribution in [0.1, 0.15) is 20.8 Å². The van der Waals surface area contributed by atoms with Gasteiger partial charge in [0.15, 0.2) is 6.17 Å². The molecule has 13 heavy (non-hydrogen) atoms. The third-order valence-electron chi connectivity index (χ3n) is 3.15. The smallest absolute Gasteiger partial charge is 0.242 e. The van der Waals surface area contributed by atoms with E-state index >= 15 is 0 Å². The molecule has 0 aromatic carbocycles. The van der Waals surface area contributed by atoms with Gasteiger partial charge in [-0.1, -0.05) is 38.9 Å². The van der Waals surface area contributed by atoms with E-state index in [0.29, 0.717) is 0 Å². The Morgan fingerprint density at radius 2 is 1.31 bits per heavy atom. The Hall–Kier alpha value is 0.00688. The first-order valence-electron chi connectivity index (χ1n) is 4.93. The summed E-state index contributed by atoms with van der Waals surface area (Å²) in [6.45, 7) is 5.99. The van der Waals surface area contributed by atoms with E-state index < -0.39 is 20.7 Å². The van der Waals surface area contributed by atoms with Crippen LogP contribution in [-0.4, -0.2) is 20.7 Å². The van der Waals surface area contributed by atoms with Crippen molar-refractivity contribution in [1.82, 2.24) is 0 Å². The van der Waals surface area contributed by atoms with Crippen molar-refractivity contribution >= 4 is 8.07 Å². The third-order valence-corrected chi connectivity index (χ3v) is 8.91. The lowest BCUT2D eigenvalue weighted by Gasteiger charge is -2.29. The summed E-state index contributed by atoms with van der Waals surface area (Å²) in [4.78, 5) is 0. The molecule has 1 atom stereocenters. The van der Waals surface area contributed by atoms with Crippen LogP contribution < -0.4 is 0 Å². The predicted octanol–water partition coefficient (Wildman–Crippen LogP) is 4.10. The molecule has 0 aliphatic heterocycles. The quantitative estimate of drug-likeness (QED) is 0.581. The summed E-state index contributed by atoms with van der Waals surface area (Å²) in [6, 6.07) is 2.86. The highest BCUT2D eigenvalue weighted by Crippen LogP contribution is 2.29. The summed E-state index contributed by atoms with van der Waals surface area (Å²) in [6.07, 6.45) is -4.69. The average molecular weight is 212 g/mol. The second kappa shape index (κ2) is 5.68. The molecule has 0 spiro atoms. The van der Waals surface area contributed by atoms with Crippen molar-refractivity contribution in [1.29, 1.82) is 0 Å². The Morgan fingerprint density at radius 3 is 1.54 bits per heavy atom. The second-order valence-corrected chi connectivity index (χ2v) is 9.14. The van der Waals surface area contributed by atoms with Gasteiger partial charge in [0.2, 0.25) is 0 Å². The average Bonchev–Trinajstić information content (AvgIpc) is 2.14. The van der Waals surface area contributed by atoms with Gasteiger partial charge >= 0.3 is 0 Å². The molecular weight excluding hydrogens is 193 g/mol. The minimum absolute atomic E-state index is 0.133. The summed E-state index contributed by atoms with van der Waals surface area (Å²) in [5, 5.41) is 0. The van der Waals surface area contributed by atoms with Crippen LogP contribution in [0.15, 0.2) is 0 Å². The van der Waals surface area contributed by atoms with Crippen molar-refractivity contribution in [2.75, 3.05) is 0 Å². The van der Waals surface area contributed by atoms with Gasteiger partial charge in [-0.05, 0) is 6.04 Å².